The molecule has 2 aromatic rings. The minimum Gasteiger partial charge on any atom is -0.491 e. The van der Waals surface area contributed by atoms with Gasteiger partial charge in [0.1, 0.15) is 23.6 Å². The first-order valence-corrected chi connectivity index (χ1v) is 14.4. The fourth-order valence-electron chi connectivity index (χ4n) is 4.76. The molecule has 2 aliphatic carbocycles. The van der Waals surface area contributed by atoms with Crippen LogP contribution in [0.4, 0.5) is 37.7 Å². The Balaban J connectivity index is 1.52. The summed E-state index contributed by atoms with van der Waals surface area (Å²) in [5, 5.41) is 9.17. The van der Waals surface area contributed by atoms with Crippen molar-refractivity contribution >= 4 is 40.9 Å². The number of fused-ring (bicyclic) bond motifs is 1. The summed E-state index contributed by atoms with van der Waals surface area (Å²) in [7, 11) is 0. The molecule has 2 saturated carbocycles. The molecule has 0 aromatic heterocycles. The van der Waals surface area contributed by atoms with Crippen LogP contribution in [0.2, 0.25) is 0 Å². The summed E-state index contributed by atoms with van der Waals surface area (Å²) in [5.74, 6) is -4.70. The Bertz CT molecular complexity index is 1200. The zero-order valence-electron chi connectivity index (χ0n) is 20.7. The van der Waals surface area contributed by atoms with Gasteiger partial charge in [0.25, 0.3) is 0 Å². The number of rotatable bonds is 10. The van der Waals surface area contributed by atoms with Crippen molar-refractivity contribution in [3.05, 3.63) is 42.2 Å². The SMILES string of the molecule is O=C(O)C1(COc2cc3c(cc2SC2CC(F)(F)C2)N(c2ccc(F)cc2)CC(CCC(F)F)C(F)S3)CC1. The van der Waals surface area contributed by atoms with Gasteiger partial charge >= 0.3 is 5.97 Å². The van der Waals surface area contributed by atoms with Gasteiger partial charge in [0, 0.05) is 47.6 Å². The van der Waals surface area contributed by atoms with E-state index in [9.17, 15) is 31.9 Å². The Labute approximate surface area is 230 Å². The van der Waals surface area contributed by atoms with Crippen LogP contribution in [-0.4, -0.2) is 47.3 Å². The van der Waals surface area contributed by atoms with Gasteiger partial charge in [0.05, 0.1) is 10.6 Å². The number of carboxylic acids is 1. The molecule has 2 atom stereocenters. The predicted molar refractivity (Wildman–Crippen MR) is 138 cm³/mol. The first-order valence-electron chi connectivity index (χ1n) is 12.7. The molecule has 0 bridgehead atoms. The first-order chi connectivity index (χ1) is 18.4. The van der Waals surface area contributed by atoms with Crippen molar-refractivity contribution in [1.29, 1.82) is 0 Å². The molecule has 0 amide bonds. The zero-order chi connectivity index (χ0) is 27.9. The highest BCUT2D eigenvalue weighted by Crippen LogP contribution is 2.53. The molecule has 5 rings (SSSR count). The van der Waals surface area contributed by atoms with Crippen LogP contribution in [0, 0.1) is 17.2 Å². The van der Waals surface area contributed by atoms with Crippen molar-refractivity contribution in [3.8, 4) is 5.75 Å². The van der Waals surface area contributed by atoms with E-state index in [1.807, 2.05) is 0 Å². The summed E-state index contributed by atoms with van der Waals surface area (Å²) < 4.78 is 88.4. The molecular formula is C27H27F6NO3S2. The van der Waals surface area contributed by atoms with Gasteiger partial charge in [-0.1, -0.05) is 11.8 Å². The van der Waals surface area contributed by atoms with Crippen LogP contribution in [0.25, 0.3) is 0 Å². The number of hydrogen-bond donors (Lipinski definition) is 1. The van der Waals surface area contributed by atoms with Crippen LogP contribution in [0.5, 0.6) is 5.75 Å². The minimum absolute atomic E-state index is 0.0491. The molecule has 2 fully saturated rings. The van der Waals surface area contributed by atoms with E-state index in [1.165, 1.54) is 36.0 Å². The van der Waals surface area contributed by atoms with Crippen molar-refractivity contribution in [2.45, 2.75) is 71.4 Å². The number of ether oxygens (including phenoxy) is 1. The van der Waals surface area contributed by atoms with E-state index >= 15 is 4.39 Å². The van der Waals surface area contributed by atoms with Gasteiger partial charge in [-0.3, -0.25) is 4.79 Å². The standard InChI is InChI=1S/C27H27F6NO3S2/c28-16-2-4-17(5-3-16)34-13-15(1-6-23(29)30)24(31)39-21-10-20(37-14-26(7-8-26)25(35)36)22(9-19(21)34)38-18-11-27(32,33)12-18/h2-5,9-10,15,18,23-24H,1,6-8,11-14H2,(H,35,36). The van der Waals surface area contributed by atoms with Gasteiger partial charge in [-0.05, 0) is 55.7 Å². The van der Waals surface area contributed by atoms with Gasteiger partial charge in [0.15, 0.2) is 5.50 Å². The molecule has 3 aliphatic rings. The second kappa shape index (κ2) is 11.0. The lowest BCUT2D eigenvalue weighted by atomic mass is 9.94. The summed E-state index contributed by atoms with van der Waals surface area (Å²) >= 11 is 2.05. The van der Waals surface area contributed by atoms with Crippen molar-refractivity contribution in [1.82, 2.24) is 0 Å². The number of anilines is 2. The lowest BCUT2D eigenvalue weighted by Gasteiger charge is -2.35. The van der Waals surface area contributed by atoms with Crippen molar-refractivity contribution in [2.24, 2.45) is 11.3 Å². The lowest BCUT2D eigenvalue weighted by Crippen LogP contribution is -2.37. The maximum Gasteiger partial charge on any atom is 0.313 e. The van der Waals surface area contributed by atoms with Gasteiger partial charge in [0.2, 0.25) is 12.3 Å². The van der Waals surface area contributed by atoms with Gasteiger partial charge in [-0.25, -0.2) is 26.3 Å². The van der Waals surface area contributed by atoms with Gasteiger partial charge in [-0.2, -0.15) is 0 Å². The number of nitrogens with zero attached hydrogens (tertiary/aromatic N) is 1. The Morgan fingerprint density at radius 3 is 2.46 bits per heavy atom. The third-order valence-electron chi connectivity index (χ3n) is 7.39. The molecule has 1 aliphatic heterocycles. The number of aliphatic carboxylic acids is 1. The highest BCUT2D eigenvalue weighted by Gasteiger charge is 2.51. The van der Waals surface area contributed by atoms with Crippen LogP contribution in [0.1, 0.15) is 38.5 Å². The molecular weight excluding hydrogens is 564 g/mol. The third-order valence-corrected chi connectivity index (χ3v) is 9.83. The lowest BCUT2D eigenvalue weighted by molar-refractivity contribution is -0.144. The molecule has 1 N–H and O–H groups in total. The highest BCUT2D eigenvalue weighted by atomic mass is 32.2. The molecule has 12 heteroatoms. The Hall–Kier alpha value is -2.21. The van der Waals surface area contributed by atoms with Crippen LogP contribution in [0.15, 0.2) is 46.2 Å². The maximum absolute atomic E-state index is 15.5. The number of hydrogen-bond acceptors (Lipinski definition) is 5. The second-order valence-electron chi connectivity index (χ2n) is 10.4. The third kappa shape index (κ3) is 6.42. The average Bonchev–Trinajstić information content (AvgIpc) is 3.66. The zero-order valence-corrected chi connectivity index (χ0v) is 22.4. The Morgan fingerprint density at radius 2 is 1.87 bits per heavy atom. The summed E-state index contributed by atoms with van der Waals surface area (Å²) in [6.07, 6.45) is -2.84. The average molecular weight is 592 g/mol. The van der Waals surface area contributed by atoms with Gasteiger partial charge < -0.3 is 14.7 Å². The van der Waals surface area contributed by atoms with Crippen molar-refractivity contribution < 1.29 is 41.0 Å². The molecule has 1 heterocycles. The summed E-state index contributed by atoms with van der Waals surface area (Å²) in [6, 6.07) is 8.80. The predicted octanol–water partition coefficient (Wildman–Crippen LogP) is 8.16. The molecule has 2 aromatic carbocycles. The highest BCUT2D eigenvalue weighted by molar-refractivity contribution is 8.00. The van der Waals surface area contributed by atoms with E-state index in [1.54, 1.807) is 17.0 Å². The topological polar surface area (TPSA) is 49.8 Å². The quantitative estimate of drug-likeness (QED) is 0.282. The maximum atomic E-state index is 15.5. The number of carboxylic acid groups (broad SMARTS) is 1. The van der Waals surface area contributed by atoms with Crippen LogP contribution in [0.3, 0.4) is 0 Å². The fraction of sp³-hybridized carbons (Fsp3) is 0.519. The van der Waals surface area contributed by atoms with E-state index in [4.69, 9.17) is 4.74 Å². The fourth-order valence-corrected chi connectivity index (χ4v) is 7.31. The van der Waals surface area contributed by atoms with E-state index in [-0.39, 0.29) is 43.4 Å². The van der Waals surface area contributed by atoms with Crippen LogP contribution < -0.4 is 9.64 Å². The van der Waals surface area contributed by atoms with E-state index in [0.29, 0.717) is 34.0 Å². The summed E-state index contributed by atoms with van der Waals surface area (Å²) in [4.78, 5) is 14.4. The number of alkyl halides is 5. The van der Waals surface area contributed by atoms with Gasteiger partial charge in [-0.15, -0.1) is 11.8 Å². The number of benzene rings is 2. The number of halogens is 6. The molecule has 0 radical (unpaired) electrons. The molecule has 212 valence electrons. The van der Waals surface area contributed by atoms with E-state index in [2.05, 4.69) is 0 Å². The van der Waals surface area contributed by atoms with Crippen LogP contribution in [-0.2, 0) is 4.79 Å². The van der Waals surface area contributed by atoms with E-state index in [0.717, 1.165) is 11.8 Å². The number of carbonyl (C=O) groups is 1. The first kappa shape index (κ1) is 28.3. The van der Waals surface area contributed by atoms with E-state index < -0.39 is 47.4 Å². The Kier molecular flexibility index (Phi) is 7.98. The largest absolute Gasteiger partial charge is 0.491 e. The molecule has 0 saturated heterocycles. The van der Waals surface area contributed by atoms with Crippen LogP contribution >= 0.6 is 23.5 Å². The normalized spacial score (nSPS) is 23.6. The van der Waals surface area contributed by atoms with Crippen molar-refractivity contribution in [3.63, 3.8) is 0 Å². The molecule has 39 heavy (non-hydrogen) atoms. The molecule has 0 spiro atoms. The second-order valence-corrected chi connectivity index (χ2v) is 12.9. The Morgan fingerprint density at radius 1 is 1.18 bits per heavy atom. The summed E-state index contributed by atoms with van der Waals surface area (Å²) in [6.45, 7) is -0.0641. The monoisotopic (exact) mass is 591 g/mol. The number of thioether (sulfide) groups is 2. The van der Waals surface area contributed by atoms with Crippen molar-refractivity contribution in [2.75, 3.05) is 18.1 Å². The smallest absolute Gasteiger partial charge is 0.313 e. The summed E-state index contributed by atoms with van der Waals surface area (Å²) in [5.41, 5.74) is -1.49. The molecule has 4 nitrogen and oxygen atoms in total. The minimum atomic E-state index is -2.75. The molecule has 2 unspecified atom stereocenters.